The molecule has 1 heterocycles. The van der Waals surface area contributed by atoms with Gasteiger partial charge in [0, 0.05) is 18.0 Å². The first kappa shape index (κ1) is 16.2. The van der Waals surface area contributed by atoms with Gasteiger partial charge in [0.05, 0.1) is 16.8 Å². The number of nitrogens with two attached hydrogens (primary N) is 1. The number of fused-ring (bicyclic) bond motifs is 1. The van der Waals surface area contributed by atoms with E-state index in [1.807, 2.05) is 0 Å². The molecule has 130 valence electrons. The van der Waals surface area contributed by atoms with Crippen LogP contribution in [0.25, 0.3) is 22.2 Å². The number of halogens is 3. The summed E-state index contributed by atoms with van der Waals surface area (Å²) in [5.74, 6) is -1.80. The summed E-state index contributed by atoms with van der Waals surface area (Å²) in [5, 5.41) is 10.7. The molecule has 1 aromatic heterocycles. The van der Waals surface area contributed by atoms with Crippen molar-refractivity contribution < 1.29 is 18.3 Å². The van der Waals surface area contributed by atoms with Crippen molar-refractivity contribution in [2.24, 2.45) is 5.73 Å². The number of aromatic nitrogens is 1. The highest BCUT2D eigenvalue weighted by atomic mass is 19.1. The first-order valence-corrected chi connectivity index (χ1v) is 8.09. The molecule has 1 aliphatic carbocycles. The monoisotopic (exact) mass is 346 g/mol. The Labute approximate surface area is 142 Å². The van der Waals surface area contributed by atoms with Crippen molar-refractivity contribution in [1.29, 1.82) is 0 Å². The number of H-pyrrole nitrogens is 1. The predicted molar refractivity (Wildman–Crippen MR) is 89.6 cm³/mol. The molecule has 6 heteroatoms. The van der Waals surface area contributed by atoms with Crippen LogP contribution in [0.3, 0.4) is 0 Å². The number of hydrogen-bond donors (Lipinski definition) is 3. The zero-order chi connectivity index (χ0) is 17.8. The van der Waals surface area contributed by atoms with Crippen molar-refractivity contribution in [2.75, 3.05) is 6.54 Å². The molecule has 0 amide bonds. The summed E-state index contributed by atoms with van der Waals surface area (Å²) in [7, 11) is 0. The Morgan fingerprint density at radius 1 is 1.08 bits per heavy atom. The molecule has 4 N–H and O–H groups in total. The molecular formula is C19H17F3N2O. The van der Waals surface area contributed by atoms with Gasteiger partial charge in [0.1, 0.15) is 17.5 Å². The van der Waals surface area contributed by atoms with Crippen LogP contribution >= 0.6 is 0 Å². The number of aliphatic hydroxyl groups is 1. The summed E-state index contributed by atoms with van der Waals surface area (Å²) >= 11 is 0. The van der Waals surface area contributed by atoms with E-state index in [1.54, 1.807) is 12.1 Å². The van der Waals surface area contributed by atoms with Crippen LogP contribution in [0, 0.1) is 17.5 Å². The zero-order valence-corrected chi connectivity index (χ0v) is 13.3. The molecule has 0 bridgehead atoms. The van der Waals surface area contributed by atoms with Gasteiger partial charge < -0.3 is 15.8 Å². The number of benzene rings is 2. The van der Waals surface area contributed by atoms with Gasteiger partial charge in [0.2, 0.25) is 0 Å². The van der Waals surface area contributed by atoms with E-state index in [9.17, 15) is 18.3 Å². The lowest BCUT2D eigenvalue weighted by molar-refractivity contribution is -0.0396. The molecule has 0 radical (unpaired) electrons. The number of rotatable bonds is 3. The zero-order valence-electron chi connectivity index (χ0n) is 13.3. The molecule has 2 aromatic carbocycles. The third kappa shape index (κ3) is 2.62. The molecule has 0 atom stereocenters. The fraction of sp³-hybridized carbons (Fsp3) is 0.263. The van der Waals surface area contributed by atoms with E-state index in [-0.39, 0.29) is 23.8 Å². The maximum absolute atomic E-state index is 14.2. The number of hydrogen-bond acceptors (Lipinski definition) is 2. The molecule has 3 aromatic rings. The van der Waals surface area contributed by atoms with Gasteiger partial charge in [-0.05, 0) is 60.2 Å². The van der Waals surface area contributed by atoms with Crippen molar-refractivity contribution in [3.8, 4) is 11.3 Å². The second-order valence-electron chi connectivity index (χ2n) is 6.76. The normalized spacial score (nSPS) is 23.0. The van der Waals surface area contributed by atoms with Crippen LogP contribution in [-0.4, -0.2) is 22.2 Å². The van der Waals surface area contributed by atoms with E-state index in [1.165, 1.54) is 18.2 Å². The van der Waals surface area contributed by atoms with Crippen molar-refractivity contribution >= 4 is 10.9 Å². The predicted octanol–water partition coefficient (Wildman–Crippen LogP) is 3.82. The van der Waals surface area contributed by atoms with Gasteiger partial charge in [-0.1, -0.05) is 0 Å². The lowest BCUT2D eigenvalue weighted by Gasteiger charge is -2.43. The van der Waals surface area contributed by atoms with E-state index in [0.29, 0.717) is 29.5 Å². The molecule has 1 fully saturated rings. The maximum Gasteiger partial charge on any atom is 0.150 e. The third-order valence-corrected chi connectivity index (χ3v) is 5.04. The van der Waals surface area contributed by atoms with Gasteiger partial charge in [-0.25, -0.2) is 13.2 Å². The van der Waals surface area contributed by atoms with Crippen LogP contribution in [0.5, 0.6) is 0 Å². The largest absolute Gasteiger partial charge is 0.389 e. The third-order valence-electron chi connectivity index (χ3n) is 5.04. The molecule has 0 unspecified atom stereocenters. The van der Waals surface area contributed by atoms with E-state index in [0.717, 1.165) is 11.6 Å². The fourth-order valence-corrected chi connectivity index (χ4v) is 3.74. The molecule has 1 saturated carbocycles. The first-order valence-electron chi connectivity index (χ1n) is 8.09. The van der Waals surface area contributed by atoms with Crippen molar-refractivity contribution in [2.45, 2.75) is 24.4 Å². The summed E-state index contributed by atoms with van der Waals surface area (Å²) in [6, 6.07) is 7.93. The minimum Gasteiger partial charge on any atom is -0.389 e. The van der Waals surface area contributed by atoms with Gasteiger partial charge in [0.25, 0.3) is 0 Å². The molecule has 25 heavy (non-hydrogen) atoms. The number of nitrogens with one attached hydrogen (secondary N) is 1. The van der Waals surface area contributed by atoms with Crippen molar-refractivity contribution in [1.82, 2.24) is 4.98 Å². The Balaban J connectivity index is 1.91. The Kier molecular flexibility index (Phi) is 3.63. The lowest BCUT2D eigenvalue weighted by Crippen LogP contribution is -2.48. The van der Waals surface area contributed by atoms with E-state index in [2.05, 4.69) is 4.98 Å². The standard InChI is InChI=1S/C19H17F3N2O/c20-12-3-1-10(2-4-12)17-16(11-7-19(25,8-11)9-23)14-5-13(21)6-15(22)18(14)24-17/h1-6,11,24-25H,7-9,23H2/t11-,19+. The van der Waals surface area contributed by atoms with Crippen LogP contribution < -0.4 is 5.73 Å². The van der Waals surface area contributed by atoms with Gasteiger partial charge >= 0.3 is 0 Å². The summed E-state index contributed by atoms with van der Waals surface area (Å²) in [5.41, 5.74) is 6.88. The SMILES string of the molecule is NC[C@]1(O)C[C@@H](c2c(-c3ccc(F)cc3)[nH]c3c(F)cc(F)cc32)C1. The maximum atomic E-state index is 14.2. The van der Waals surface area contributed by atoms with Crippen LogP contribution in [0.1, 0.15) is 24.3 Å². The summed E-state index contributed by atoms with van der Waals surface area (Å²) in [6.45, 7) is 0.139. The van der Waals surface area contributed by atoms with Crippen LogP contribution in [0.4, 0.5) is 13.2 Å². The number of aromatic amines is 1. The summed E-state index contributed by atoms with van der Waals surface area (Å²) in [6.07, 6.45) is 0.839. The molecule has 0 saturated heterocycles. The van der Waals surface area contributed by atoms with Gasteiger partial charge in [0.15, 0.2) is 0 Å². The topological polar surface area (TPSA) is 62.0 Å². The molecule has 4 rings (SSSR count). The molecule has 0 aliphatic heterocycles. The average molecular weight is 346 g/mol. The smallest absolute Gasteiger partial charge is 0.150 e. The lowest BCUT2D eigenvalue weighted by atomic mass is 9.67. The van der Waals surface area contributed by atoms with Gasteiger partial charge in [-0.3, -0.25) is 0 Å². The Bertz CT molecular complexity index is 943. The summed E-state index contributed by atoms with van der Waals surface area (Å²) < 4.78 is 41.2. The Morgan fingerprint density at radius 2 is 1.76 bits per heavy atom. The van der Waals surface area contributed by atoms with Crippen molar-refractivity contribution in [3.05, 3.63) is 59.4 Å². The van der Waals surface area contributed by atoms with Gasteiger partial charge in [-0.2, -0.15) is 0 Å². The Hall–Kier alpha value is -2.31. The first-order chi connectivity index (χ1) is 11.9. The van der Waals surface area contributed by atoms with Crippen LogP contribution in [0.2, 0.25) is 0 Å². The summed E-state index contributed by atoms with van der Waals surface area (Å²) in [4.78, 5) is 3.01. The molecule has 0 spiro atoms. The molecule has 1 aliphatic rings. The highest BCUT2D eigenvalue weighted by Crippen LogP contribution is 2.49. The molecular weight excluding hydrogens is 329 g/mol. The second-order valence-corrected chi connectivity index (χ2v) is 6.76. The van der Waals surface area contributed by atoms with Crippen molar-refractivity contribution in [3.63, 3.8) is 0 Å². The van der Waals surface area contributed by atoms with Crippen LogP contribution in [0.15, 0.2) is 36.4 Å². The van der Waals surface area contributed by atoms with E-state index < -0.39 is 17.2 Å². The van der Waals surface area contributed by atoms with Gasteiger partial charge in [-0.15, -0.1) is 0 Å². The van der Waals surface area contributed by atoms with E-state index >= 15 is 0 Å². The quantitative estimate of drug-likeness (QED) is 0.675. The molecule has 3 nitrogen and oxygen atoms in total. The minimum absolute atomic E-state index is 0.0800. The average Bonchev–Trinajstić information content (AvgIpc) is 2.92. The minimum atomic E-state index is -0.944. The highest BCUT2D eigenvalue weighted by molar-refractivity contribution is 5.92. The van der Waals surface area contributed by atoms with E-state index in [4.69, 9.17) is 5.73 Å². The van der Waals surface area contributed by atoms with Crippen LogP contribution in [-0.2, 0) is 0 Å². The Morgan fingerprint density at radius 3 is 2.40 bits per heavy atom. The highest BCUT2D eigenvalue weighted by Gasteiger charge is 2.44. The fourth-order valence-electron chi connectivity index (χ4n) is 3.74. The second kappa shape index (κ2) is 5.61.